The van der Waals surface area contributed by atoms with Crippen LogP contribution < -0.4 is 10.2 Å². The summed E-state index contributed by atoms with van der Waals surface area (Å²) in [6, 6.07) is 17.8. The average molecular weight is 388 g/mol. The minimum atomic E-state index is -0.319. The fourth-order valence-corrected chi connectivity index (χ4v) is 3.65. The second-order valence-electron chi connectivity index (χ2n) is 7.17. The van der Waals surface area contributed by atoms with Crippen LogP contribution >= 0.6 is 0 Å². The molecule has 6 heteroatoms. The lowest BCUT2D eigenvalue weighted by Gasteiger charge is -2.23. The maximum atomic E-state index is 11.8. The monoisotopic (exact) mass is 388 g/mol. The molecule has 0 fully saturated rings. The predicted octanol–water partition coefficient (Wildman–Crippen LogP) is 4.79. The Morgan fingerprint density at radius 1 is 1.17 bits per heavy atom. The molecule has 1 aliphatic heterocycles. The predicted molar refractivity (Wildman–Crippen MR) is 114 cm³/mol. The van der Waals surface area contributed by atoms with Gasteiger partial charge in [0.05, 0.1) is 12.2 Å². The molecule has 0 amide bonds. The molecule has 1 atom stereocenters. The van der Waals surface area contributed by atoms with Crippen molar-refractivity contribution < 1.29 is 9.53 Å². The van der Waals surface area contributed by atoms with Crippen molar-refractivity contribution in [2.45, 2.75) is 33.2 Å². The highest BCUT2D eigenvalue weighted by Gasteiger charge is 2.29. The summed E-state index contributed by atoms with van der Waals surface area (Å²) >= 11 is 0. The van der Waals surface area contributed by atoms with E-state index in [2.05, 4.69) is 40.3 Å². The summed E-state index contributed by atoms with van der Waals surface area (Å²) in [6.07, 6.45) is 0.978. The van der Waals surface area contributed by atoms with Crippen molar-refractivity contribution in [1.29, 1.82) is 0 Å². The minimum absolute atomic E-state index is 0.297. The van der Waals surface area contributed by atoms with Gasteiger partial charge in [0, 0.05) is 29.2 Å². The zero-order chi connectivity index (χ0) is 20.4. The molecule has 0 saturated carbocycles. The second-order valence-corrected chi connectivity index (χ2v) is 7.17. The van der Waals surface area contributed by atoms with E-state index in [1.54, 1.807) is 19.1 Å². The molecular formula is C23H24N4O2. The van der Waals surface area contributed by atoms with Crippen LogP contribution in [0, 0.1) is 6.92 Å². The highest BCUT2D eigenvalue weighted by Crippen LogP contribution is 2.36. The summed E-state index contributed by atoms with van der Waals surface area (Å²) in [5, 5.41) is 3.32. The molecule has 1 aromatic heterocycles. The lowest BCUT2D eigenvalue weighted by atomic mass is 10.1. The van der Waals surface area contributed by atoms with Crippen molar-refractivity contribution in [2.24, 2.45) is 0 Å². The zero-order valence-corrected chi connectivity index (χ0v) is 16.8. The van der Waals surface area contributed by atoms with Gasteiger partial charge < -0.3 is 15.0 Å². The third-order valence-corrected chi connectivity index (χ3v) is 4.93. The SMILES string of the molecule is CCOC(=O)c1ccc(Nc2cc(C)nc(N3c4ccccc4CC3C)n2)cc1. The first-order chi connectivity index (χ1) is 14.0. The van der Waals surface area contributed by atoms with Crippen LogP contribution in [0.5, 0.6) is 0 Å². The van der Waals surface area contributed by atoms with E-state index in [9.17, 15) is 4.79 Å². The van der Waals surface area contributed by atoms with Crippen LogP contribution in [0.25, 0.3) is 0 Å². The number of para-hydroxylation sites is 1. The lowest BCUT2D eigenvalue weighted by Crippen LogP contribution is -2.26. The molecule has 0 aliphatic carbocycles. The van der Waals surface area contributed by atoms with E-state index >= 15 is 0 Å². The van der Waals surface area contributed by atoms with Crippen LogP contribution in [-0.2, 0) is 11.2 Å². The number of carbonyl (C=O) groups is 1. The quantitative estimate of drug-likeness (QED) is 0.634. The van der Waals surface area contributed by atoms with Gasteiger partial charge in [-0.1, -0.05) is 18.2 Å². The van der Waals surface area contributed by atoms with Gasteiger partial charge in [-0.15, -0.1) is 0 Å². The van der Waals surface area contributed by atoms with E-state index in [1.165, 1.54) is 5.56 Å². The van der Waals surface area contributed by atoms with Crippen molar-refractivity contribution in [1.82, 2.24) is 9.97 Å². The highest BCUT2D eigenvalue weighted by molar-refractivity contribution is 5.89. The van der Waals surface area contributed by atoms with Gasteiger partial charge in [-0.2, -0.15) is 4.98 Å². The molecule has 148 valence electrons. The number of aromatic nitrogens is 2. The molecule has 1 unspecified atom stereocenters. The molecular weight excluding hydrogens is 364 g/mol. The first kappa shape index (κ1) is 18.9. The highest BCUT2D eigenvalue weighted by atomic mass is 16.5. The van der Waals surface area contributed by atoms with Gasteiger partial charge in [-0.3, -0.25) is 0 Å². The standard InChI is InChI=1S/C23H24N4O2/c1-4-29-22(28)17-9-11-19(12-10-17)25-21-13-15(2)24-23(26-21)27-16(3)14-18-7-5-6-8-20(18)27/h5-13,16H,4,14H2,1-3H3,(H,24,25,26). The summed E-state index contributed by atoms with van der Waals surface area (Å²) in [5.74, 6) is 1.09. The average Bonchev–Trinajstić information content (AvgIpc) is 3.04. The molecule has 0 spiro atoms. The third kappa shape index (κ3) is 3.92. The maximum absolute atomic E-state index is 11.8. The van der Waals surface area contributed by atoms with Crippen molar-refractivity contribution in [3.05, 3.63) is 71.4 Å². The molecule has 3 aromatic rings. The van der Waals surface area contributed by atoms with Gasteiger partial charge in [0.25, 0.3) is 0 Å². The molecule has 0 radical (unpaired) electrons. The van der Waals surface area contributed by atoms with Gasteiger partial charge in [0.2, 0.25) is 5.95 Å². The van der Waals surface area contributed by atoms with E-state index < -0.39 is 0 Å². The number of benzene rings is 2. The number of hydrogen-bond donors (Lipinski definition) is 1. The smallest absolute Gasteiger partial charge is 0.338 e. The summed E-state index contributed by atoms with van der Waals surface area (Å²) in [5.41, 5.74) is 4.73. The van der Waals surface area contributed by atoms with Crippen molar-refractivity contribution >= 4 is 29.1 Å². The zero-order valence-electron chi connectivity index (χ0n) is 16.8. The van der Waals surface area contributed by atoms with E-state index in [1.807, 2.05) is 31.2 Å². The number of fused-ring (bicyclic) bond motifs is 1. The number of carbonyl (C=O) groups excluding carboxylic acids is 1. The molecule has 2 heterocycles. The number of rotatable bonds is 5. The van der Waals surface area contributed by atoms with Crippen molar-refractivity contribution in [2.75, 3.05) is 16.8 Å². The number of esters is 1. The molecule has 1 aliphatic rings. The Kier molecular flexibility index (Phi) is 5.16. The third-order valence-electron chi connectivity index (χ3n) is 4.93. The fraction of sp³-hybridized carbons (Fsp3) is 0.261. The molecule has 4 rings (SSSR count). The number of ether oxygens (including phenoxy) is 1. The summed E-state index contributed by atoms with van der Waals surface area (Å²) in [6.45, 7) is 6.31. The Morgan fingerprint density at radius 3 is 2.69 bits per heavy atom. The largest absolute Gasteiger partial charge is 0.462 e. The molecule has 29 heavy (non-hydrogen) atoms. The Labute approximate surface area is 170 Å². The first-order valence-electron chi connectivity index (χ1n) is 9.82. The molecule has 2 aromatic carbocycles. The minimum Gasteiger partial charge on any atom is -0.462 e. The molecule has 0 bridgehead atoms. The van der Waals surface area contributed by atoms with Gasteiger partial charge in [-0.25, -0.2) is 9.78 Å². The normalized spacial score (nSPS) is 15.1. The van der Waals surface area contributed by atoms with Crippen LogP contribution in [0.15, 0.2) is 54.6 Å². The lowest BCUT2D eigenvalue weighted by molar-refractivity contribution is 0.0526. The molecule has 1 N–H and O–H groups in total. The summed E-state index contributed by atoms with van der Waals surface area (Å²) in [4.78, 5) is 23.4. The van der Waals surface area contributed by atoms with E-state index in [0.29, 0.717) is 30.0 Å². The van der Waals surface area contributed by atoms with Gasteiger partial charge in [-0.05, 0) is 63.1 Å². The van der Waals surface area contributed by atoms with Crippen molar-refractivity contribution in [3.8, 4) is 0 Å². The van der Waals surface area contributed by atoms with Crippen LogP contribution in [0.1, 0.15) is 35.5 Å². The van der Waals surface area contributed by atoms with Gasteiger partial charge >= 0.3 is 5.97 Å². The molecule has 6 nitrogen and oxygen atoms in total. The Hall–Kier alpha value is -3.41. The van der Waals surface area contributed by atoms with Crippen LogP contribution in [0.4, 0.5) is 23.1 Å². The van der Waals surface area contributed by atoms with Gasteiger partial charge in [0.15, 0.2) is 0 Å². The number of aryl methyl sites for hydroxylation is 1. The second kappa shape index (κ2) is 7.91. The topological polar surface area (TPSA) is 67.3 Å². The number of nitrogens with one attached hydrogen (secondary N) is 1. The van der Waals surface area contributed by atoms with Crippen LogP contribution in [0.3, 0.4) is 0 Å². The number of anilines is 4. The first-order valence-corrected chi connectivity index (χ1v) is 9.82. The van der Waals surface area contributed by atoms with E-state index in [0.717, 1.165) is 23.5 Å². The Bertz CT molecular complexity index is 1030. The number of hydrogen-bond acceptors (Lipinski definition) is 6. The fourth-order valence-electron chi connectivity index (χ4n) is 3.65. The molecule has 0 saturated heterocycles. The van der Waals surface area contributed by atoms with Crippen LogP contribution in [0.2, 0.25) is 0 Å². The Morgan fingerprint density at radius 2 is 1.93 bits per heavy atom. The van der Waals surface area contributed by atoms with Crippen molar-refractivity contribution in [3.63, 3.8) is 0 Å². The van der Waals surface area contributed by atoms with Gasteiger partial charge in [0.1, 0.15) is 5.82 Å². The van der Waals surface area contributed by atoms with E-state index in [4.69, 9.17) is 9.72 Å². The Balaban J connectivity index is 1.59. The van der Waals surface area contributed by atoms with Crippen LogP contribution in [-0.4, -0.2) is 28.6 Å². The maximum Gasteiger partial charge on any atom is 0.338 e. The number of nitrogens with zero attached hydrogens (tertiary/aromatic N) is 3. The summed E-state index contributed by atoms with van der Waals surface area (Å²) in [7, 11) is 0. The summed E-state index contributed by atoms with van der Waals surface area (Å²) < 4.78 is 5.03. The van der Waals surface area contributed by atoms with E-state index in [-0.39, 0.29) is 5.97 Å².